The molecule has 0 heterocycles. The molecular weight excluding hydrogens is 335 g/mol. The van der Waals surface area contributed by atoms with Gasteiger partial charge in [0.15, 0.2) is 0 Å². The van der Waals surface area contributed by atoms with Crippen molar-refractivity contribution in [2.75, 3.05) is 7.11 Å². The van der Waals surface area contributed by atoms with Crippen molar-refractivity contribution in [1.29, 1.82) is 0 Å². The van der Waals surface area contributed by atoms with E-state index in [-0.39, 0.29) is 5.82 Å². The Bertz CT molecular complexity index is 492. The van der Waals surface area contributed by atoms with Gasteiger partial charge < -0.3 is 9.84 Å². The zero-order valence-electron chi connectivity index (χ0n) is 13.0. The van der Waals surface area contributed by atoms with E-state index in [4.69, 9.17) is 4.74 Å². The summed E-state index contributed by atoms with van der Waals surface area (Å²) in [7, 11) is 1.67. The van der Waals surface area contributed by atoms with Crippen molar-refractivity contribution in [3.8, 4) is 0 Å². The summed E-state index contributed by atoms with van der Waals surface area (Å²) < 4.78 is 19.9. The van der Waals surface area contributed by atoms with Gasteiger partial charge in [-0.2, -0.15) is 0 Å². The molecular formula is C17H24BrFO2. The second-order valence-electron chi connectivity index (χ2n) is 6.89. The van der Waals surface area contributed by atoms with Crippen LogP contribution < -0.4 is 0 Å². The molecule has 2 nitrogen and oxygen atoms in total. The third-order valence-electron chi connectivity index (χ3n) is 4.88. The third kappa shape index (κ3) is 3.85. The molecule has 1 saturated carbocycles. The standard InChI is InChI=1S/C17H24BrFO2/c1-16(2)6-8-17(21-3,9-7-16)15(20)11-12-10-13(19)4-5-14(12)18/h4-5,10,15,20H,6-9,11H2,1-3H3. The van der Waals surface area contributed by atoms with Crippen LogP contribution in [-0.2, 0) is 11.2 Å². The number of benzene rings is 1. The Balaban J connectivity index is 2.14. The van der Waals surface area contributed by atoms with Gasteiger partial charge in [-0.25, -0.2) is 4.39 Å². The average molecular weight is 359 g/mol. The molecule has 0 aromatic heterocycles. The molecule has 1 aliphatic carbocycles. The zero-order valence-corrected chi connectivity index (χ0v) is 14.5. The maximum Gasteiger partial charge on any atom is 0.123 e. The first-order valence-corrected chi connectivity index (χ1v) is 8.24. The molecule has 118 valence electrons. The summed E-state index contributed by atoms with van der Waals surface area (Å²) >= 11 is 3.42. The molecule has 1 aromatic carbocycles. The lowest BCUT2D eigenvalue weighted by molar-refractivity contribution is -0.135. The first kappa shape index (κ1) is 16.9. The first-order chi connectivity index (χ1) is 9.78. The molecule has 21 heavy (non-hydrogen) atoms. The van der Waals surface area contributed by atoms with Gasteiger partial charge in [-0.1, -0.05) is 29.8 Å². The molecule has 2 rings (SSSR count). The van der Waals surface area contributed by atoms with Crippen LogP contribution in [0.5, 0.6) is 0 Å². The van der Waals surface area contributed by atoms with E-state index in [1.54, 1.807) is 13.2 Å². The van der Waals surface area contributed by atoms with Crippen LogP contribution in [0.25, 0.3) is 0 Å². The molecule has 0 spiro atoms. The van der Waals surface area contributed by atoms with Crippen LogP contribution in [-0.4, -0.2) is 23.9 Å². The molecule has 1 N–H and O–H groups in total. The van der Waals surface area contributed by atoms with Gasteiger partial charge in [0.05, 0.1) is 11.7 Å². The summed E-state index contributed by atoms with van der Waals surface area (Å²) in [5.74, 6) is -0.281. The second kappa shape index (κ2) is 6.35. The van der Waals surface area contributed by atoms with Crippen molar-refractivity contribution in [2.45, 2.75) is 57.7 Å². The van der Waals surface area contributed by atoms with Crippen LogP contribution in [0.1, 0.15) is 45.1 Å². The molecule has 0 saturated heterocycles. The van der Waals surface area contributed by atoms with Crippen molar-refractivity contribution in [1.82, 2.24) is 0 Å². The van der Waals surface area contributed by atoms with Gasteiger partial charge >= 0.3 is 0 Å². The highest BCUT2D eigenvalue weighted by Gasteiger charge is 2.43. The van der Waals surface area contributed by atoms with Crippen molar-refractivity contribution < 1.29 is 14.2 Å². The largest absolute Gasteiger partial charge is 0.390 e. The third-order valence-corrected chi connectivity index (χ3v) is 5.66. The SMILES string of the molecule is COC1(C(O)Cc2cc(F)ccc2Br)CCC(C)(C)CC1. The Morgan fingerprint density at radius 3 is 2.48 bits per heavy atom. The van der Waals surface area contributed by atoms with Gasteiger partial charge in [-0.15, -0.1) is 0 Å². The quantitative estimate of drug-likeness (QED) is 0.859. The van der Waals surface area contributed by atoms with Gasteiger partial charge in [0.25, 0.3) is 0 Å². The van der Waals surface area contributed by atoms with Crippen LogP contribution in [0.3, 0.4) is 0 Å². The Labute approximate surface area is 134 Å². The van der Waals surface area contributed by atoms with E-state index in [9.17, 15) is 9.50 Å². The molecule has 1 unspecified atom stereocenters. The van der Waals surface area contributed by atoms with Gasteiger partial charge in [0, 0.05) is 18.0 Å². The average Bonchev–Trinajstić information content (AvgIpc) is 2.43. The smallest absolute Gasteiger partial charge is 0.123 e. The minimum Gasteiger partial charge on any atom is -0.390 e. The topological polar surface area (TPSA) is 29.5 Å². The van der Waals surface area contributed by atoms with E-state index in [1.807, 2.05) is 0 Å². The number of ether oxygens (including phenoxy) is 1. The summed E-state index contributed by atoms with van der Waals surface area (Å²) in [5.41, 5.74) is 0.575. The van der Waals surface area contributed by atoms with Crippen molar-refractivity contribution in [2.24, 2.45) is 5.41 Å². The van der Waals surface area contributed by atoms with E-state index >= 15 is 0 Å². The molecule has 1 fully saturated rings. The van der Waals surface area contributed by atoms with Gasteiger partial charge in [0.2, 0.25) is 0 Å². The predicted molar refractivity (Wildman–Crippen MR) is 85.8 cm³/mol. The Hall–Kier alpha value is -0.450. The molecule has 1 aliphatic rings. The molecule has 0 bridgehead atoms. The van der Waals surface area contributed by atoms with E-state index in [0.717, 1.165) is 35.7 Å². The lowest BCUT2D eigenvalue weighted by Crippen LogP contribution is -2.49. The van der Waals surface area contributed by atoms with Crippen LogP contribution >= 0.6 is 15.9 Å². The normalized spacial score (nSPS) is 22.0. The first-order valence-electron chi connectivity index (χ1n) is 7.45. The number of rotatable bonds is 4. The van der Waals surface area contributed by atoms with Crippen LogP contribution in [0.15, 0.2) is 22.7 Å². The second-order valence-corrected chi connectivity index (χ2v) is 7.74. The lowest BCUT2D eigenvalue weighted by Gasteiger charge is -2.45. The zero-order chi connectivity index (χ0) is 15.7. The highest BCUT2D eigenvalue weighted by molar-refractivity contribution is 9.10. The van der Waals surface area contributed by atoms with Crippen molar-refractivity contribution in [3.63, 3.8) is 0 Å². The molecule has 1 aromatic rings. The van der Waals surface area contributed by atoms with Crippen molar-refractivity contribution >= 4 is 15.9 Å². The summed E-state index contributed by atoms with van der Waals surface area (Å²) in [6.45, 7) is 4.50. The Morgan fingerprint density at radius 2 is 1.90 bits per heavy atom. The number of halogens is 2. The minimum atomic E-state index is -0.628. The fraction of sp³-hybridized carbons (Fsp3) is 0.647. The van der Waals surface area contributed by atoms with E-state index in [0.29, 0.717) is 11.8 Å². The van der Waals surface area contributed by atoms with E-state index in [2.05, 4.69) is 29.8 Å². The number of methoxy groups -OCH3 is 1. The number of hydrogen-bond acceptors (Lipinski definition) is 2. The Kier molecular flexibility index (Phi) is 5.11. The van der Waals surface area contributed by atoms with Gasteiger partial charge in [-0.05, 0) is 54.9 Å². The lowest BCUT2D eigenvalue weighted by atomic mass is 9.68. The minimum absolute atomic E-state index is 0.281. The van der Waals surface area contributed by atoms with Crippen LogP contribution in [0.2, 0.25) is 0 Å². The molecule has 4 heteroatoms. The van der Waals surface area contributed by atoms with Crippen LogP contribution in [0.4, 0.5) is 4.39 Å². The summed E-state index contributed by atoms with van der Waals surface area (Å²) in [6.07, 6.45) is 3.50. The van der Waals surface area contributed by atoms with Gasteiger partial charge in [0.1, 0.15) is 5.82 Å². The summed E-state index contributed by atoms with van der Waals surface area (Å²) in [6, 6.07) is 4.57. The number of aliphatic hydroxyl groups is 1. The molecule has 0 aliphatic heterocycles. The maximum absolute atomic E-state index is 13.4. The number of hydrogen-bond donors (Lipinski definition) is 1. The maximum atomic E-state index is 13.4. The highest BCUT2D eigenvalue weighted by Crippen LogP contribution is 2.44. The van der Waals surface area contributed by atoms with E-state index in [1.165, 1.54) is 12.1 Å². The predicted octanol–water partition coefficient (Wildman–Crippen LogP) is 4.48. The van der Waals surface area contributed by atoms with Crippen LogP contribution in [0, 0.1) is 11.2 Å². The fourth-order valence-corrected chi connectivity index (χ4v) is 3.53. The summed E-state index contributed by atoms with van der Waals surface area (Å²) in [5, 5.41) is 10.7. The molecule has 0 radical (unpaired) electrons. The molecule has 0 amide bonds. The fourth-order valence-electron chi connectivity index (χ4n) is 3.12. The highest BCUT2D eigenvalue weighted by atomic mass is 79.9. The van der Waals surface area contributed by atoms with Crippen molar-refractivity contribution in [3.05, 3.63) is 34.1 Å². The monoisotopic (exact) mass is 358 g/mol. The number of aliphatic hydroxyl groups excluding tert-OH is 1. The molecule has 1 atom stereocenters. The Morgan fingerprint density at radius 1 is 1.29 bits per heavy atom. The van der Waals surface area contributed by atoms with E-state index < -0.39 is 11.7 Å². The summed E-state index contributed by atoms with van der Waals surface area (Å²) in [4.78, 5) is 0. The van der Waals surface area contributed by atoms with Gasteiger partial charge in [-0.3, -0.25) is 0 Å².